The second kappa shape index (κ2) is 7.53. The van der Waals surface area contributed by atoms with Crippen LogP contribution in [-0.2, 0) is 4.74 Å². The van der Waals surface area contributed by atoms with Gasteiger partial charge in [0.05, 0.1) is 11.2 Å². The van der Waals surface area contributed by atoms with Crippen molar-refractivity contribution in [3.63, 3.8) is 0 Å². The molecule has 0 aromatic heterocycles. The van der Waals surface area contributed by atoms with E-state index >= 15 is 0 Å². The van der Waals surface area contributed by atoms with Gasteiger partial charge in [0.1, 0.15) is 0 Å². The van der Waals surface area contributed by atoms with E-state index in [1.54, 1.807) is 20.1 Å². The Kier molecular flexibility index (Phi) is 6.34. The summed E-state index contributed by atoms with van der Waals surface area (Å²) in [7, 11) is 1.59. The van der Waals surface area contributed by atoms with E-state index in [9.17, 15) is 9.90 Å². The average molecular weight is 283 g/mol. The van der Waals surface area contributed by atoms with Gasteiger partial charge in [-0.05, 0) is 25.3 Å². The van der Waals surface area contributed by atoms with Crippen molar-refractivity contribution < 1.29 is 14.6 Å². The van der Waals surface area contributed by atoms with Gasteiger partial charge in [-0.15, -0.1) is 11.8 Å². The predicted octanol–water partition coefficient (Wildman–Crippen LogP) is 1.93. The van der Waals surface area contributed by atoms with E-state index in [0.717, 1.165) is 4.90 Å². The first-order valence-electron chi connectivity index (χ1n) is 6.13. The molecule has 1 amide bonds. The van der Waals surface area contributed by atoms with Crippen LogP contribution >= 0.6 is 11.8 Å². The number of ether oxygens (including phenoxy) is 1. The molecule has 1 atom stereocenters. The molecular weight excluding hydrogens is 262 g/mol. The van der Waals surface area contributed by atoms with Gasteiger partial charge in [-0.2, -0.15) is 0 Å². The lowest BCUT2D eigenvalue weighted by Gasteiger charge is -2.23. The van der Waals surface area contributed by atoms with Crippen molar-refractivity contribution >= 4 is 17.7 Å². The van der Waals surface area contributed by atoms with E-state index in [4.69, 9.17) is 4.74 Å². The molecule has 106 valence electrons. The summed E-state index contributed by atoms with van der Waals surface area (Å²) in [4.78, 5) is 13.0. The molecule has 0 radical (unpaired) electrons. The van der Waals surface area contributed by atoms with Crippen LogP contribution in [0.2, 0.25) is 0 Å². The van der Waals surface area contributed by atoms with Gasteiger partial charge in [0, 0.05) is 31.6 Å². The summed E-state index contributed by atoms with van der Waals surface area (Å²) >= 11 is 1.53. The highest BCUT2D eigenvalue weighted by Crippen LogP contribution is 2.19. The van der Waals surface area contributed by atoms with E-state index in [-0.39, 0.29) is 12.5 Å². The zero-order chi connectivity index (χ0) is 14.3. The van der Waals surface area contributed by atoms with Crippen molar-refractivity contribution in [3.8, 4) is 0 Å². The zero-order valence-corrected chi connectivity index (χ0v) is 12.4. The SMILES string of the molecule is COCCC(C)(O)CNC(=O)c1ccccc1SC. The molecule has 0 bridgehead atoms. The molecule has 5 heteroatoms. The molecule has 1 aromatic rings. The summed E-state index contributed by atoms with van der Waals surface area (Å²) in [5.41, 5.74) is -0.322. The second-order valence-corrected chi connectivity index (χ2v) is 5.47. The minimum absolute atomic E-state index is 0.164. The van der Waals surface area contributed by atoms with E-state index in [0.29, 0.717) is 18.6 Å². The maximum Gasteiger partial charge on any atom is 0.252 e. The molecule has 19 heavy (non-hydrogen) atoms. The summed E-state index contributed by atoms with van der Waals surface area (Å²) in [6, 6.07) is 7.42. The highest BCUT2D eigenvalue weighted by molar-refractivity contribution is 7.98. The van der Waals surface area contributed by atoms with Crippen molar-refractivity contribution in [1.82, 2.24) is 5.32 Å². The summed E-state index contributed by atoms with van der Waals surface area (Å²) < 4.78 is 4.93. The van der Waals surface area contributed by atoms with Gasteiger partial charge in [0.25, 0.3) is 5.91 Å². The smallest absolute Gasteiger partial charge is 0.252 e. The molecule has 0 aliphatic carbocycles. The largest absolute Gasteiger partial charge is 0.388 e. The predicted molar refractivity (Wildman–Crippen MR) is 77.7 cm³/mol. The summed E-state index contributed by atoms with van der Waals surface area (Å²) in [6.45, 7) is 2.36. The monoisotopic (exact) mass is 283 g/mol. The van der Waals surface area contributed by atoms with Crippen LogP contribution in [0.1, 0.15) is 23.7 Å². The molecule has 2 N–H and O–H groups in total. The molecule has 1 rings (SSSR count). The zero-order valence-electron chi connectivity index (χ0n) is 11.6. The minimum Gasteiger partial charge on any atom is -0.388 e. The maximum absolute atomic E-state index is 12.1. The Bertz CT molecular complexity index is 421. The number of rotatable bonds is 7. The first-order valence-corrected chi connectivity index (χ1v) is 7.35. The number of carbonyl (C=O) groups is 1. The van der Waals surface area contributed by atoms with Crippen LogP contribution in [0, 0.1) is 0 Å². The number of aliphatic hydroxyl groups is 1. The van der Waals surface area contributed by atoms with Crippen LogP contribution in [-0.4, -0.2) is 43.1 Å². The molecule has 0 saturated carbocycles. The van der Waals surface area contributed by atoms with Crippen LogP contribution in [0.15, 0.2) is 29.2 Å². The van der Waals surface area contributed by atoms with Crippen LogP contribution in [0.5, 0.6) is 0 Å². The fourth-order valence-corrected chi connectivity index (χ4v) is 2.20. The number of nitrogens with one attached hydrogen (secondary N) is 1. The van der Waals surface area contributed by atoms with Gasteiger partial charge in [-0.1, -0.05) is 12.1 Å². The molecular formula is C14H21NO3S. The standard InChI is InChI=1S/C14H21NO3S/c1-14(17,8-9-18-2)10-15-13(16)11-6-4-5-7-12(11)19-3/h4-7,17H,8-10H2,1-3H3,(H,15,16). The van der Waals surface area contributed by atoms with E-state index < -0.39 is 5.60 Å². The van der Waals surface area contributed by atoms with Gasteiger partial charge in [0.2, 0.25) is 0 Å². The molecule has 0 fully saturated rings. The third-order valence-electron chi connectivity index (χ3n) is 2.83. The summed E-state index contributed by atoms with van der Waals surface area (Å²) in [6.07, 6.45) is 2.41. The number of methoxy groups -OCH3 is 1. The van der Waals surface area contributed by atoms with Gasteiger partial charge in [-0.25, -0.2) is 0 Å². The van der Waals surface area contributed by atoms with Gasteiger partial charge >= 0.3 is 0 Å². The van der Waals surface area contributed by atoms with E-state index in [1.807, 2.05) is 24.5 Å². The minimum atomic E-state index is -0.958. The number of hydrogen-bond donors (Lipinski definition) is 2. The third-order valence-corrected chi connectivity index (χ3v) is 3.62. The molecule has 0 heterocycles. The summed E-state index contributed by atoms with van der Waals surface area (Å²) in [5, 5.41) is 12.8. The number of benzene rings is 1. The molecule has 1 aromatic carbocycles. The Labute approximate surface area is 118 Å². The molecule has 4 nitrogen and oxygen atoms in total. The number of thioether (sulfide) groups is 1. The normalized spacial score (nSPS) is 13.9. The molecule has 0 saturated heterocycles. The lowest BCUT2D eigenvalue weighted by Crippen LogP contribution is -2.41. The highest BCUT2D eigenvalue weighted by atomic mass is 32.2. The molecule has 0 aliphatic rings. The van der Waals surface area contributed by atoms with Crippen molar-refractivity contribution in [2.45, 2.75) is 23.8 Å². The van der Waals surface area contributed by atoms with Crippen LogP contribution in [0.3, 0.4) is 0 Å². The van der Waals surface area contributed by atoms with E-state index in [1.165, 1.54) is 11.8 Å². The molecule has 1 unspecified atom stereocenters. The topological polar surface area (TPSA) is 58.6 Å². The van der Waals surface area contributed by atoms with Gasteiger partial charge < -0.3 is 15.2 Å². The van der Waals surface area contributed by atoms with Crippen LogP contribution < -0.4 is 5.32 Å². The summed E-state index contributed by atoms with van der Waals surface area (Å²) in [5.74, 6) is -0.164. The second-order valence-electron chi connectivity index (χ2n) is 4.62. The first-order chi connectivity index (χ1) is 9.00. The molecule has 0 spiro atoms. The Hall–Kier alpha value is -1.04. The van der Waals surface area contributed by atoms with Crippen molar-refractivity contribution in [3.05, 3.63) is 29.8 Å². The van der Waals surface area contributed by atoms with Crippen LogP contribution in [0.25, 0.3) is 0 Å². The Morgan fingerprint density at radius 1 is 1.47 bits per heavy atom. The lowest BCUT2D eigenvalue weighted by molar-refractivity contribution is 0.0243. The Morgan fingerprint density at radius 2 is 2.16 bits per heavy atom. The Balaban J connectivity index is 2.60. The third kappa shape index (κ3) is 5.22. The fraction of sp³-hybridized carbons (Fsp3) is 0.500. The quantitative estimate of drug-likeness (QED) is 0.751. The van der Waals surface area contributed by atoms with Gasteiger partial charge in [-0.3, -0.25) is 4.79 Å². The molecule has 0 aliphatic heterocycles. The van der Waals surface area contributed by atoms with E-state index in [2.05, 4.69) is 5.32 Å². The van der Waals surface area contributed by atoms with Crippen LogP contribution in [0.4, 0.5) is 0 Å². The number of carbonyl (C=O) groups excluding carboxylic acids is 1. The lowest BCUT2D eigenvalue weighted by atomic mass is 10.0. The average Bonchev–Trinajstić information content (AvgIpc) is 2.42. The number of amides is 1. The highest BCUT2D eigenvalue weighted by Gasteiger charge is 2.21. The Morgan fingerprint density at radius 3 is 2.79 bits per heavy atom. The first kappa shape index (κ1) is 16.0. The maximum atomic E-state index is 12.1. The number of hydrogen-bond acceptors (Lipinski definition) is 4. The van der Waals surface area contributed by atoms with Crippen molar-refractivity contribution in [2.24, 2.45) is 0 Å². The van der Waals surface area contributed by atoms with Crippen molar-refractivity contribution in [2.75, 3.05) is 26.5 Å². The van der Waals surface area contributed by atoms with Gasteiger partial charge in [0.15, 0.2) is 0 Å². The van der Waals surface area contributed by atoms with Crippen molar-refractivity contribution in [1.29, 1.82) is 0 Å². The fourth-order valence-electron chi connectivity index (χ4n) is 1.61.